The third-order valence-electron chi connectivity index (χ3n) is 5.72. The zero-order valence-corrected chi connectivity index (χ0v) is 18.6. The summed E-state index contributed by atoms with van der Waals surface area (Å²) in [5.41, 5.74) is 2.34. The lowest BCUT2D eigenvalue weighted by atomic mass is 10.1. The summed E-state index contributed by atoms with van der Waals surface area (Å²) < 4.78 is 32.7. The van der Waals surface area contributed by atoms with Crippen molar-refractivity contribution in [3.63, 3.8) is 0 Å². The van der Waals surface area contributed by atoms with Crippen molar-refractivity contribution in [3.8, 4) is 0 Å². The van der Waals surface area contributed by atoms with Crippen molar-refractivity contribution in [1.82, 2.24) is 9.62 Å². The average molecular weight is 458 g/mol. The molecule has 0 saturated carbocycles. The van der Waals surface area contributed by atoms with Crippen molar-refractivity contribution in [2.45, 2.75) is 30.7 Å². The lowest BCUT2D eigenvalue weighted by Crippen LogP contribution is -2.41. The van der Waals surface area contributed by atoms with Gasteiger partial charge in [-0.25, -0.2) is 8.42 Å². The number of fused-ring (bicyclic) bond motifs is 1. The minimum absolute atomic E-state index is 0.103. The molecule has 2 amide bonds. The lowest BCUT2D eigenvalue weighted by Gasteiger charge is -2.27. The highest BCUT2D eigenvalue weighted by atomic mass is 32.2. The summed E-state index contributed by atoms with van der Waals surface area (Å²) in [6, 6.07) is 14.4. The summed E-state index contributed by atoms with van der Waals surface area (Å²) in [6.07, 6.45) is 1.50. The van der Waals surface area contributed by atoms with Gasteiger partial charge in [0.15, 0.2) is 0 Å². The number of carbonyl (C=O) groups excluding carboxylic acids is 2. The van der Waals surface area contributed by atoms with Crippen LogP contribution in [0.5, 0.6) is 0 Å². The van der Waals surface area contributed by atoms with E-state index < -0.39 is 10.0 Å². The van der Waals surface area contributed by atoms with Crippen LogP contribution in [0.2, 0.25) is 0 Å². The second-order valence-electron chi connectivity index (χ2n) is 7.90. The predicted molar refractivity (Wildman–Crippen MR) is 120 cm³/mol. The number of aryl methyl sites for hydroxylation is 1. The normalized spacial score (nSPS) is 17.5. The van der Waals surface area contributed by atoms with Crippen molar-refractivity contribution in [1.29, 1.82) is 0 Å². The van der Waals surface area contributed by atoms with Gasteiger partial charge in [-0.05, 0) is 42.2 Å². The molecule has 0 spiro atoms. The van der Waals surface area contributed by atoms with Crippen molar-refractivity contribution in [2.24, 2.45) is 0 Å². The first kappa shape index (κ1) is 22.4. The largest absolute Gasteiger partial charge is 0.379 e. The molecular formula is C23H27N3O5S. The number of anilines is 1. The number of ether oxygens (including phenoxy) is 1. The lowest BCUT2D eigenvalue weighted by molar-refractivity contribution is -0.123. The molecule has 1 N–H and O–H groups in total. The highest BCUT2D eigenvalue weighted by molar-refractivity contribution is 7.89. The summed E-state index contributed by atoms with van der Waals surface area (Å²) in [6.45, 7) is 1.69. The standard InChI is InChI=1S/C23H27N3O5S/c27-22(24-16-18-5-2-1-3-6-18)17-26-21-10-9-20(15-19(21)7-4-8-23(26)28)32(29,30)25-11-13-31-14-12-25/h1-3,5-6,9-10,15H,4,7-8,11-14,16-17H2,(H,24,27). The number of hydrogen-bond acceptors (Lipinski definition) is 5. The number of nitrogens with zero attached hydrogens (tertiary/aromatic N) is 2. The molecule has 0 unspecified atom stereocenters. The Balaban J connectivity index is 1.52. The van der Waals surface area contributed by atoms with Gasteiger partial charge in [0.2, 0.25) is 21.8 Å². The fourth-order valence-corrected chi connectivity index (χ4v) is 5.45. The molecule has 32 heavy (non-hydrogen) atoms. The van der Waals surface area contributed by atoms with Gasteiger partial charge in [-0.15, -0.1) is 0 Å². The predicted octanol–water partition coefficient (Wildman–Crippen LogP) is 1.69. The molecule has 1 saturated heterocycles. The molecule has 0 aliphatic carbocycles. The van der Waals surface area contributed by atoms with Crippen molar-refractivity contribution in [2.75, 3.05) is 37.7 Å². The Bertz CT molecular complexity index is 1080. The van der Waals surface area contributed by atoms with Crippen LogP contribution < -0.4 is 10.2 Å². The number of hydrogen-bond donors (Lipinski definition) is 1. The zero-order chi connectivity index (χ0) is 22.6. The number of benzene rings is 2. The molecule has 2 heterocycles. The SMILES string of the molecule is O=C(CN1C(=O)CCCc2cc(S(=O)(=O)N3CCOCC3)ccc21)NCc1ccccc1. The number of rotatable bonds is 6. The topological polar surface area (TPSA) is 96.0 Å². The van der Waals surface area contributed by atoms with Gasteiger partial charge in [-0.1, -0.05) is 30.3 Å². The molecule has 2 aliphatic rings. The number of sulfonamides is 1. The van der Waals surface area contributed by atoms with E-state index in [0.29, 0.717) is 57.8 Å². The van der Waals surface area contributed by atoms with E-state index in [1.165, 1.54) is 15.3 Å². The average Bonchev–Trinajstić information content (AvgIpc) is 2.97. The smallest absolute Gasteiger partial charge is 0.243 e. The molecule has 2 aromatic rings. The maximum absolute atomic E-state index is 13.0. The molecule has 1 fully saturated rings. The van der Waals surface area contributed by atoms with Crippen LogP contribution >= 0.6 is 0 Å². The van der Waals surface area contributed by atoms with E-state index in [9.17, 15) is 18.0 Å². The van der Waals surface area contributed by atoms with Crippen LogP contribution in [-0.2, 0) is 37.3 Å². The van der Waals surface area contributed by atoms with E-state index in [1.54, 1.807) is 12.1 Å². The van der Waals surface area contributed by atoms with Gasteiger partial charge >= 0.3 is 0 Å². The number of amides is 2. The Hall–Kier alpha value is -2.75. The Kier molecular flexibility index (Phi) is 6.88. The zero-order valence-electron chi connectivity index (χ0n) is 17.8. The van der Waals surface area contributed by atoms with E-state index >= 15 is 0 Å². The number of carbonyl (C=O) groups is 2. The first-order valence-electron chi connectivity index (χ1n) is 10.8. The minimum atomic E-state index is -3.63. The molecule has 4 rings (SSSR count). The number of morpholine rings is 1. The molecule has 0 radical (unpaired) electrons. The van der Waals surface area contributed by atoms with E-state index in [0.717, 1.165) is 11.1 Å². The summed E-state index contributed by atoms with van der Waals surface area (Å²) in [4.78, 5) is 27.0. The molecule has 0 bridgehead atoms. The van der Waals surface area contributed by atoms with Gasteiger partial charge < -0.3 is 15.0 Å². The van der Waals surface area contributed by atoms with Gasteiger partial charge in [0.1, 0.15) is 6.54 Å². The van der Waals surface area contributed by atoms with Gasteiger partial charge in [0, 0.05) is 31.7 Å². The second kappa shape index (κ2) is 9.81. The molecule has 170 valence electrons. The van der Waals surface area contributed by atoms with Crippen LogP contribution in [-0.4, -0.2) is 57.4 Å². The van der Waals surface area contributed by atoms with Crippen molar-refractivity contribution >= 4 is 27.5 Å². The Labute approximate surface area is 188 Å². The van der Waals surface area contributed by atoms with Crippen LogP contribution in [0.15, 0.2) is 53.4 Å². The summed E-state index contributed by atoms with van der Waals surface area (Å²) >= 11 is 0. The maximum Gasteiger partial charge on any atom is 0.243 e. The van der Waals surface area contributed by atoms with Gasteiger partial charge in [0.05, 0.1) is 18.1 Å². The minimum Gasteiger partial charge on any atom is -0.379 e. The molecule has 9 heteroatoms. The van der Waals surface area contributed by atoms with E-state index in [4.69, 9.17) is 4.74 Å². The van der Waals surface area contributed by atoms with Gasteiger partial charge in [-0.2, -0.15) is 4.31 Å². The molecule has 0 aromatic heterocycles. The van der Waals surface area contributed by atoms with Crippen molar-refractivity contribution in [3.05, 3.63) is 59.7 Å². The fourth-order valence-electron chi connectivity index (χ4n) is 3.99. The molecule has 2 aliphatic heterocycles. The highest BCUT2D eigenvalue weighted by Gasteiger charge is 2.29. The fraction of sp³-hybridized carbons (Fsp3) is 0.391. The van der Waals surface area contributed by atoms with Crippen LogP contribution in [0.4, 0.5) is 5.69 Å². The van der Waals surface area contributed by atoms with Crippen molar-refractivity contribution < 1.29 is 22.7 Å². The van der Waals surface area contributed by atoms with E-state index in [-0.39, 0.29) is 23.3 Å². The molecule has 2 aromatic carbocycles. The number of nitrogens with one attached hydrogen (secondary N) is 1. The monoisotopic (exact) mass is 457 g/mol. The van der Waals surface area contributed by atoms with Gasteiger partial charge in [0.25, 0.3) is 0 Å². The Morgan fingerprint density at radius 1 is 1.03 bits per heavy atom. The summed E-state index contributed by atoms with van der Waals surface area (Å²) in [5.74, 6) is -0.400. The summed E-state index contributed by atoms with van der Waals surface area (Å²) in [7, 11) is -3.63. The quantitative estimate of drug-likeness (QED) is 0.712. The molecule has 0 atom stereocenters. The van der Waals surface area contributed by atoms with Crippen LogP contribution in [0.25, 0.3) is 0 Å². The van der Waals surface area contributed by atoms with E-state index in [2.05, 4.69) is 5.32 Å². The Morgan fingerprint density at radius 2 is 1.78 bits per heavy atom. The second-order valence-corrected chi connectivity index (χ2v) is 9.84. The van der Waals surface area contributed by atoms with Crippen LogP contribution in [0.1, 0.15) is 24.0 Å². The maximum atomic E-state index is 13.0. The highest BCUT2D eigenvalue weighted by Crippen LogP contribution is 2.30. The first-order valence-corrected chi connectivity index (χ1v) is 12.2. The third-order valence-corrected chi connectivity index (χ3v) is 7.62. The van der Waals surface area contributed by atoms with Gasteiger partial charge in [-0.3, -0.25) is 9.59 Å². The third kappa shape index (κ3) is 5.01. The van der Waals surface area contributed by atoms with Crippen LogP contribution in [0.3, 0.4) is 0 Å². The van der Waals surface area contributed by atoms with E-state index in [1.807, 2.05) is 30.3 Å². The molecular weight excluding hydrogens is 430 g/mol. The Morgan fingerprint density at radius 3 is 2.53 bits per heavy atom. The van der Waals surface area contributed by atoms with Crippen LogP contribution in [0, 0.1) is 0 Å². The molecule has 8 nitrogen and oxygen atoms in total. The summed E-state index contributed by atoms with van der Waals surface area (Å²) in [5, 5.41) is 2.85. The first-order chi connectivity index (χ1) is 15.4.